The van der Waals surface area contributed by atoms with Crippen molar-refractivity contribution in [3.05, 3.63) is 0 Å². The number of carbonyl (C=O) groups is 6. The summed E-state index contributed by atoms with van der Waals surface area (Å²) in [5, 5.41) is 61.4. The van der Waals surface area contributed by atoms with E-state index in [1.807, 2.05) is 6.92 Å². The second kappa shape index (κ2) is 27.4. The predicted molar refractivity (Wildman–Crippen MR) is 47.4 cm³/mol. The Hall–Kier alpha value is -0.467. The van der Waals surface area contributed by atoms with Gasteiger partial charge in [-0.25, -0.2) is 0 Å². The van der Waals surface area contributed by atoms with Crippen LogP contribution < -0.4 is 30.6 Å². The van der Waals surface area contributed by atoms with E-state index >= 15 is 0 Å². The minimum Gasteiger partial charge on any atom is -0.543 e. The van der Waals surface area contributed by atoms with Crippen LogP contribution in [0.25, 0.3) is 0 Å². The van der Waals surface area contributed by atoms with Crippen molar-refractivity contribution < 1.29 is 148 Å². The average molecular weight is 604 g/mol. The molecule has 0 aliphatic heterocycles. The first-order valence-corrected chi connectivity index (χ1v) is 4.72. The van der Waals surface area contributed by atoms with Gasteiger partial charge < -0.3 is 64.5 Å². The third kappa shape index (κ3) is 57.8. The van der Waals surface area contributed by atoms with Crippen molar-refractivity contribution >= 4 is 35.8 Å². The Morgan fingerprint density at radius 2 is 0.667 bits per heavy atom. The van der Waals surface area contributed by atoms with Crippen LogP contribution in [0.5, 0.6) is 0 Å². The third-order valence-corrected chi connectivity index (χ3v) is 0.724. The molecule has 0 aromatic heterocycles. The fraction of sp³-hybridized carbons (Fsp3) is 0.333. The third-order valence-electron chi connectivity index (χ3n) is 0.724. The summed E-state index contributed by atoms with van der Waals surface area (Å²) in [6.07, 6.45) is 0.875. The quantitative estimate of drug-likeness (QED) is 0.273. The molecule has 0 aromatic carbocycles. The fourth-order valence-corrected chi connectivity index (χ4v) is 0. The summed E-state index contributed by atoms with van der Waals surface area (Å²) >= 11 is 0. The van der Waals surface area contributed by atoms with Crippen molar-refractivity contribution in [1.82, 2.24) is 0 Å². The summed E-state index contributed by atoms with van der Waals surface area (Å²) in [6, 6.07) is 0. The molecule has 0 aliphatic rings. The van der Waals surface area contributed by atoms with Gasteiger partial charge in [-0.1, -0.05) is 6.92 Å². The first-order chi connectivity index (χ1) is 9.84. The van der Waals surface area contributed by atoms with Crippen molar-refractivity contribution in [2.45, 2.75) is 13.3 Å². The van der Waals surface area contributed by atoms with Crippen LogP contribution in [0, 0.1) is 83.5 Å². The molecule has 0 aliphatic carbocycles. The number of aliphatic carboxylic acids is 6. The standard InChI is InChI=1S/C3H8O.3C2H2O4.2Ce/c1-2-3-4;3*3-1(4)2(5)6;;/h4H,2-3H2,1H3;3*(H,3,4)(H,5,6);;/q;;;;2*+3/p-6. The van der Waals surface area contributed by atoms with Crippen LogP contribution in [-0.4, -0.2) is 47.5 Å². The molecule has 13 nitrogen and oxygen atoms in total. The molecular formula is C9H8Ce2O13. The number of carboxylic acids is 6. The SMILES string of the molecule is CCCO.O=C([O-])C(=O)[O-].O=C([O-])C(=O)[O-].O=C([O-])C(=O)[O-].[Ce+3].[Ce+3]. The zero-order valence-electron chi connectivity index (χ0n) is 11.8. The second-order valence-corrected chi connectivity index (χ2v) is 2.45. The normalized spacial score (nSPS) is 6.75. The zero-order valence-corrected chi connectivity index (χ0v) is 18.0. The molecule has 0 atom stereocenters. The molecule has 0 saturated heterocycles. The van der Waals surface area contributed by atoms with E-state index in [1.165, 1.54) is 0 Å². The van der Waals surface area contributed by atoms with Gasteiger partial charge in [0.25, 0.3) is 0 Å². The summed E-state index contributed by atoms with van der Waals surface area (Å²) < 4.78 is 0. The summed E-state index contributed by atoms with van der Waals surface area (Å²) in [7, 11) is 0. The van der Waals surface area contributed by atoms with Gasteiger partial charge in [-0.15, -0.1) is 0 Å². The van der Waals surface area contributed by atoms with E-state index in [9.17, 15) is 0 Å². The van der Waals surface area contributed by atoms with Crippen LogP contribution in [0.1, 0.15) is 13.3 Å². The number of carbonyl (C=O) groups excluding carboxylic acids is 6. The summed E-state index contributed by atoms with van der Waals surface area (Å²) in [5.41, 5.74) is 0. The van der Waals surface area contributed by atoms with Crippen molar-refractivity contribution in [2.24, 2.45) is 0 Å². The first kappa shape index (κ1) is 38.9. The minimum absolute atomic E-state index is 0. The maximum atomic E-state index is 8.93. The van der Waals surface area contributed by atoms with Gasteiger partial charge in [-0.3, -0.25) is 0 Å². The Balaban J connectivity index is -0.0000000442. The molecular weight excluding hydrogens is 596 g/mol. The Kier molecular flexibility index (Phi) is 44.3. The molecule has 2 radical (unpaired) electrons. The number of hydrogen-bond donors (Lipinski definition) is 1. The molecule has 0 bridgehead atoms. The summed E-state index contributed by atoms with van der Waals surface area (Å²) in [6.45, 7) is 2.25. The monoisotopic (exact) mass is 604 g/mol. The smallest absolute Gasteiger partial charge is 0.543 e. The maximum absolute atomic E-state index is 8.93. The zero-order chi connectivity index (χ0) is 18.9. The van der Waals surface area contributed by atoms with Crippen LogP contribution >= 0.6 is 0 Å². The van der Waals surface area contributed by atoms with Crippen LogP contribution in [0.15, 0.2) is 0 Å². The van der Waals surface area contributed by atoms with Gasteiger partial charge in [0.05, 0.1) is 35.8 Å². The van der Waals surface area contributed by atoms with E-state index in [4.69, 9.17) is 64.5 Å². The van der Waals surface area contributed by atoms with Crippen LogP contribution in [0.3, 0.4) is 0 Å². The van der Waals surface area contributed by atoms with Gasteiger partial charge in [0, 0.05) is 6.61 Å². The van der Waals surface area contributed by atoms with E-state index in [-0.39, 0.29) is 83.5 Å². The molecule has 24 heavy (non-hydrogen) atoms. The minimum atomic E-state index is -2.19. The van der Waals surface area contributed by atoms with E-state index in [0.29, 0.717) is 6.61 Å². The molecule has 15 heteroatoms. The number of rotatable bonds is 1. The largest absolute Gasteiger partial charge is 3.00 e. The molecule has 0 saturated carbocycles. The molecule has 0 amide bonds. The Morgan fingerprint density at radius 1 is 0.583 bits per heavy atom. The number of aliphatic hydroxyl groups is 1. The van der Waals surface area contributed by atoms with Gasteiger partial charge in [0.15, 0.2) is 0 Å². The number of hydrogen-bond acceptors (Lipinski definition) is 13. The summed E-state index contributed by atoms with van der Waals surface area (Å²) in [5.74, 6) is -13.1. The van der Waals surface area contributed by atoms with Gasteiger partial charge in [-0.2, -0.15) is 0 Å². The van der Waals surface area contributed by atoms with Gasteiger partial charge in [0.2, 0.25) is 0 Å². The molecule has 1 N–H and O–H groups in total. The molecule has 0 heterocycles. The van der Waals surface area contributed by atoms with Gasteiger partial charge in [-0.05, 0) is 6.42 Å². The van der Waals surface area contributed by atoms with Gasteiger partial charge >= 0.3 is 83.5 Å². The Morgan fingerprint density at radius 3 is 0.667 bits per heavy atom. The Labute approximate surface area is 201 Å². The predicted octanol–water partition coefficient (Wildman–Crippen LogP) is -10.2. The number of carboxylic acid groups (broad SMARTS) is 6. The molecule has 130 valence electrons. The van der Waals surface area contributed by atoms with Crippen molar-refractivity contribution in [1.29, 1.82) is 0 Å². The second-order valence-electron chi connectivity index (χ2n) is 2.45. The van der Waals surface area contributed by atoms with Gasteiger partial charge in [0.1, 0.15) is 0 Å². The van der Waals surface area contributed by atoms with Crippen LogP contribution in [-0.2, 0) is 28.8 Å². The topological polar surface area (TPSA) is 261 Å². The maximum Gasteiger partial charge on any atom is 3.00 e. The van der Waals surface area contributed by atoms with Crippen LogP contribution in [0.4, 0.5) is 0 Å². The fourth-order valence-electron chi connectivity index (χ4n) is 0. The van der Waals surface area contributed by atoms with E-state index in [1.54, 1.807) is 0 Å². The van der Waals surface area contributed by atoms with Crippen molar-refractivity contribution in [3.8, 4) is 0 Å². The molecule has 0 unspecified atom stereocenters. The molecule has 0 aromatic rings. The van der Waals surface area contributed by atoms with Crippen LogP contribution in [0.2, 0.25) is 0 Å². The number of aliphatic hydroxyl groups excluding tert-OH is 1. The molecule has 0 rings (SSSR count). The Bertz CT molecular complexity index is 311. The van der Waals surface area contributed by atoms with E-state index in [0.717, 1.165) is 6.42 Å². The van der Waals surface area contributed by atoms with Crippen molar-refractivity contribution in [3.63, 3.8) is 0 Å². The summed E-state index contributed by atoms with van der Waals surface area (Å²) in [4.78, 5) is 53.6. The average Bonchev–Trinajstić information content (AvgIpc) is 2.39. The van der Waals surface area contributed by atoms with E-state index in [2.05, 4.69) is 0 Å². The first-order valence-electron chi connectivity index (χ1n) is 4.72. The molecule has 0 spiro atoms. The molecule has 0 fully saturated rings. The van der Waals surface area contributed by atoms with Crippen molar-refractivity contribution in [2.75, 3.05) is 6.61 Å². The van der Waals surface area contributed by atoms with E-state index < -0.39 is 35.8 Å².